The molecule has 0 bridgehead atoms. The van der Waals surface area contributed by atoms with Crippen molar-refractivity contribution in [3.05, 3.63) is 39.8 Å². The van der Waals surface area contributed by atoms with E-state index in [1.165, 1.54) is 17.1 Å². The van der Waals surface area contributed by atoms with Crippen LogP contribution in [0.2, 0.25) is 0 Å². The Morgan fingerprint density at radius 3 is 2.61 bits per heavy atom. The molecule has 0 spiro atoms. The van der Waals surface area contributed by atoms with Crippen LogP contribution >= 0.6 is 0 Å². The summed E-state index contributed by atoms with van der Waals surface area (Å²) in [5, 5.41) is 13.6. The van der Waals surface area contributed by atoms with E-state index in [9.17, 15) is 19.1 Å². The van der Waals surface area contributed by atoms with Crippen molar-refractivity contribution < 1.29 is 19.0 Å². The van der Waals surface area contributed by atoms with Gasteiger partial charge in [0, 0.05) is 19.5 Å². The van der Waals surface area contributed by atoms with Crippen molar-refractivity contribution in [3.8, 4) is 11.4 Å². The molecule has 1 saturated carbocycles. The third kappa shape index (κ3) is 3.81. The maximum Gasteiger partial charge on any atom is 0.350 e. The molecule has 2 aromatic rings. The number of ether oxygens (including phenoxy) is 1. The molecular formula is C20H26FN3O4. The van der Waals surface area contributed by atoms with Crippen molar-refractivity contribution >= 4 is 5.97 Å². The highest BCUT2D eigenvalue weighted by Gasteiger charge is 2.25. The summed E-state index contributed by atoms with van der Waals surface area (Å²) in [5.74, 6) is -1.23. The largest absolute Gasteiger partial charge is 0.489 e. The Labute approximate surface area is 162 Å². The van der Waals surface area contributed by atoms with Gasteiger partial charge in [-0.2, -0.15) is 4.68 Å². The summed E-state index contributed by atoms with van der Waals surface area (Å²) in [5.41, 5.74) is -0.871. The number of hydrogen-bond acceptors (Lipinski definition) is 4. The average molecular weight is 391 g/mol. The maximum atomic E-state index is 14.7. The molecule has 1 unspecified atom stereocenters. The van der Waals surface area contributed by atoms with Crippen molar-refractivity contribution in [1.82, 2.24) is 14.3 Å². The number of aromatic nitrogens is 3. The van der Waals surface area contributed by atoms with Gasteiger partial charge in [0.25, 0.3) is 0 Å². The zero-order chi connectivity index (χ0) is 20.4. The summed E-state index contributed by atoms with van der Waals surface area (Å²) in [6.07, 6.45) is 5.81. The summed E-state index contributed by atoms with van der Waals surface area (Å²) >= 11 is 0. The fourth-order valence-corrected chi connectivity index (χ4v) is 3.81. The fraction of sp³-hybridized carbons (Fsp3) is 0.550. The lowest BCUT2D eigenvalue weighted by Gasteiger charge is -2.28. The summed E-state index contributed by atoms with van der Waals surface area (Å²) in [4.78, 5) is 24.1. The first-order valence-corrected chi connectivity index (χ1v) is 9.72. The second-order valence-corrected chi connectivity index (χ2v) is 7.35. The van der Waals surface area contributed by atoms with E-state index >= 15 is 0 Å². The number of rotatable bonds is 6. The zero-order valence-corrected chi connectivity index (χ0v) is 16.4. The van der Waals surface area contributed by atoms with E-state index in [1.807, 2.05) is 13.8 Å². The van der Waals surface area contributed by atoms with Crippen LogP contribution in [0.3, 0.4) is 0 Å². The number of carbonyl (C=O) groups is 1. The van der Waals surface area contributed by atoms with Crippen molar-refractivity contribution in [3.63, 3.8) is 0 Å². The highest BCUT2D eigenvalue weighted by Crippen LogP contribution is 2.31. The zero-order valence-electron chi connectivity index (χ0n) is 16.4. The predicted octanol–water partition coefficient (Wildman–Crippen LogP) is 3.32. The van der Waals surface area contributed by atoms with E-state index in [0.29, 0.717) is 18.2 Å². The lowest BCUT2D eigenvalue weighted by atomic mass is 9.86. The second-order valence-electron chi connectivity index (χ2n) is 7.35. The van der Waals surface area contributed by atoms with E-state index in [0.717, 1.165) is 36.4 Å². The normalized spacial score (nSPS) is 16.1. The summed E-state index contributed by atoms with van der Waals surface area (Å²) < 4.78 is 22.9. The van der Waals surface area contributed by atoms with Gasteiger partial charge in [-0.05, 0) is 31.7 Å². The second kappa shape index (κ2) is 8.16. The van der Waals surface area contributed by atoms with E-state index in [2.05, 4.69) is 5.10 Å². The van der Waals surface area contributed by atoms with Crippen LogP contribution in [0.15, 0.2) is 16.9 Å². The molecular weight excluding hydrogens is 365 g/mol. The third-order valence-corrected chi connectivity index (χ3v) is 5.52. The highest BCUT2D eigenvalue weighted by molar-refractivity contribution is 5.91. The quantitative estimate of drug-likeness (QED) is 0.816. The number of nitrogens with zero attached hydrogens (tertiary/aromatic N) is 3. The topological polar surface area (TPSA) is 86.4 Å². The molecule has 0 radical (unpaired) electrons. The van der Waals surface area contributed by atoms with Gasteiger partial charge in [-0.3, -0.25) is 4.57 Å². The molecule has 152 valence electrons. The molecule has 1 aliphatic rings. The van der Waals surface area contributed by atoms with Crippen LogP contribution in [0.4, 0.5) is 4.39 Å². The molecule has 1 aromatic heterocycles. The molecule has 1 atom stereocenters. The highest BCUT2D eigenvalue weighted by atomic mass is 19.1. The van der Waals surface area contributed by atoms with Gasteiger partial charge < -0.3 is 9.84 Å². The Bertz CT molecular complexity index is 928. The molecule has 1 heterocycles. The number of benzene rings is 1. The molecule has 8 heteroatoms. The molecule has 1 fully saturated rings. The molecule has 28 heavy (non-hydrogen) atoms. The van der Waals surface area contributed by atoms with Gasteiger partial charge in [-0.1, -0.05) is 26.2 Å². The molecule has 1 N–H and O–H groups in total. The number of carboxylic acids is 1. The van der Waals surface area contributed by atoms with Gasteiger partial charge in [0.1, 0.15) is 28.6 Å². The van der Waals surface area contributed by atoms with E-state index in [-0.39, 0.29) is 23.1 Å². The first kappa shape index (κ1) is 20.1. The molecule has 7 nitrogen and oxygen atoms in total. The third-order valence-electron chi connectivity index (χ3n) is 5.52. The van der Waals surface area contributed by atoms with Crippen LogP contribution in [0.1, 0.15) is 62.1 Å². The molecule has 0 saturated heterocycles. The molecule has 1 aromatic carbocycles. The smallest absolute Gasteiger partial charge is 0.350 e. The minimum Gasteiger partial charge on any atom is -0.489 e. The van der Waals surface area contributed by atoms with Crippen LogP contribution in [0.5, 0.6) is 5.75 Å². The van der Waals surface area contributed by atoms with Crippen LogP contribution in [0.25, 0.3) is 5.69 Å². The van der Waals surface area contributed by atoms with Crippen LogP contribution < -0.4 is 10.4 Å². The number of aryl methyl sites for hydroxylation is 1. The SMILES string of the molecule is CCc1nn(-c2cc(OC(C)C3CCCCC3)c(C(=O)O)cc2F)c(=O)n1C. The number of carboxylic acid groups (broad SMARTS) is 1. The van der Waals surface area contributed by atoms with Crippen molar-refractivity contribution in [1.29, 1.82) is 0 Å². The van der Waals surface area contributed by atoms with Crippen LogP contribution in [0, 0.1) is 11.7 Å². The Hall–Kier alpha value is -2.64. The molecule has 0 aliphatic heterocycles. The number of aromatic carboxylic acids is 1. The van der Waals surface area contributed by atoms with Crippen molar-refractivity contribution in [2.75, 3.05) is 0 Å². The van der Waals surface area contributed by atoms with E-state index in [4.69, 9.17) is 4.74 Å². The summed E-state index contributed by atoms with van der Waals surface area (Å²) in [6.45, 7) is 3.75. The summed E-state index contributed by atoms with van der Waals surface area (Å²) in [7, 11) is 1.57. The van der Waals surface area contributed by atoms with E-state index in [1.54, 1.807) is 7.05 Å². The maximum absolute atomic E-state index is 14.7. The standard InChI is InChI=1S/C20H26FN3O4/c1-4-18-22-24(20(27)23(18)3)16-11-17(14(19(25)26)10-15(16)21)28-12(2)13-8-6-5-7-9-13/h10-13H,4-9H2,1-3H3,(H,25,26). The van der Waals surface area contributed by atoms with Crippen LogP contribution in [-0.2, 0) is 13.5 Å². The van der Waals surface area contributed by atoms with E-state index < -0.39 is 17.5 Å². The van der Waals surface area contributed by atoms with Crippen molar-refractivity contribution in [2.24, 2.45) is 13.0 Å². The van der Waals surface area contributed by atoms with Gasteiger partial charge in [-0.15, -0.1) is 5.10 Å². The van der Waals surface area contributed by atoms with Gasteiger partial charge >= 0.3 is 11.7 Å². The Morgan fingerprint density at radius 2 is 2.04 bits per heavy atom. The van der Waals surface area contributed by atoms with Crippen molar-refractivity contribution in [2.45, 2.75) is 58.5 Å². The van der Waals surface area contributed by atoms with Gasteiger partial charge in [0.2, 0.25) is 0 Å². The molecule has 0 amide bonds. The monoisotopic (exact) mass is 391 g/mol. The Balaban J connectivity index is 2.02. The van der Waals surface area contributed by atoms with Crippen LogP contribution in [-0.4, -0.2) is 31.5 Å². The number of halogens is 1. The lowest BCUT2D eigenvalue weighted by Crippen LogP contribution is -2.27. The minimum absolute atomic E-state index is 0.0533. The molecule has 3 rings (SSSR count). The Kier molecular flexibility index (Phi) is 5.86. The molecule has 1 aliphatic carbocycles. The average Bonchev–Trinajstić information content (AvgIpc) is 2.97. The first-order chi connectivity index (χ1) is 13.3. The fourth-order valence-electron chi connectivity index (χ4n) is 3.81. The first-order valence-electron chi connectivity index (χ1n) is 9.72. The van der Waals surface area contributed by atoms with Gasteiger partial charge in [-0.25, -0.2) is 14.0 Å². The lowest BCUT2D eigenvalue weighted by molar-refractivity contribution is 0.0681. The Morgan fingerprint density at radius 1 is 1.36 bits per heavy atom. The van der Waals surface area contributed by atoms with Gasteiger partial charge in [0.15, 0.2) is 0 Å². The summed E-state index contributed by atoms with van der Waals surface area (Å²) in [6, 6.07) is 2.17. The minimum atomic E-state index is -1.28. The predicted molar refractivity (Wildman–Crippen MR) is 102 cm³/mol. The number of hydrogen-bond donors (Lipinski definition) is 1. The van der Waals surface area contributed by atoms with Gasteiger partial charge in [0.05, 0.1) is 6.10 Å².